The molecule has 0 spiro atoms. The molecule has 0 saturated carbocycles. The second-order valence-corrected chi connectivity index (χ2v) is 4.33. The van der Waals surface area contributed by atoms with Crippen molar-refractivity contribution in [3.8, 4) is 6.07 Å². The molecule has 0 heterocycles. The average molecular weight is 246 g/mol. The number of hydrogen-bond donors (Lipinski definition) is 2. The van der Waals surface area contributed by atoms with E-state index in [4.69, 9.17) is 10.4 Å². The number of rotatable bonds is 6. The first-order valence-electron chi connectivity index (χ1n) is 6.05. The zero-order valence-corrected chi connectivity index (χ0v) is 10.5. The van der Waals surface area contributed by atoms with Crippen LogP contribution in [0, 0.1) is 11.3 Å². The monoisotopic (exact) mass is 246 g/mol. The second-order valence-electron chi connectivity index (χ2n) is 4.33. The van der Waals surface area contributed by atoms with Crippen molar-refractivity contribution in [3.63, 3.8) is 0 Å². The van der Waals surface area contributed by atoms with Gasteiger partial charge in [0.25, 0.3) is 0 Å². The number of amides is 1. The zero-order valence-electron chi connectivity index (χ0n) is 10.5. The van der Waals surface area contributed by atoms with Crippen LogP contribution in [0.15, 0.2) is 24.3 Å². The van der Waals surface area contributed by atoms with Crippen LogP contribution >= 0.6 is 0 Å². The van der Waals surface area contributed by atoms with Gasteiger partial charge in [0.1, 0.15) is 0 Å². The summed E-state index contributed by atoms with van der Waals surface area (Å²) in [6, 6.07) is 9.02. The Morgan fingerprint density at radius 1 is 1.44 bits per heavy atom. The van der Waals surface area contributed by atoms with Gasteiger partial charge in [0.05, 0.1) is 24.2 Å². The standard InChI is InChI=1S/C14H18N2O2/c1-11(17)3-2-8-16-14(18)9-12-4-6-13(10-15)7-5-12/h4-7,11,17H,2-3,8-9H2,1H3,(H,16,18). The molecule has 0 aliphatic heterocycles. The Morgan fingerprint density at radius 3 is 2.67 bits per heavy atom. The molecule has 0 aliphatic rings. The van der Waals surface area contributed by atoms with Crippen LogP contribution in [-0.2, 0) is 11.2 Å². The Bertz CT molecular complexity index is 418. The SMILES string of the molecule is CC(O)CCCNC(=O)Cc1ccc(C#N)cc1. The summed E-state index contributed by atoms with van der Waals surface area (Å²) < 4.78 is 0. The lowest BCUT2D eigenvalue weighted by molar-refractivity contribution is -0.120. The van der Waals surface area contributed by atoms with Gasteiger partial charge in [0, 0.05) is 6.54 Å². The highest BCUT2D eigenvalue weighted by Gasteiger charge is 2.03. The minimum atomic E-state index is -0.319. The summed E-state index contributed by atoms with van der Waals surface area (Å²) in [5.74, 6) is -0.0368. The second kappa shape index (κ2) is 7.46. The third-order valence-electron chi connectivity index (χ3n) is 2.57. The first-order valence-corrected chi connectivity index (χ1v) is 6.05. The van der Waals surface area contributed by atoms with Crippen LogP contribution < -0.4 is 5.32 Å². The molecule has 96 valence electrons. The van der Waals surface area contributed by atoms with Crippen molar-refractivity contribution in [2.45, 2.75) is 32.3 Å². The van der Waals surface area contributed by atoms with Crippen LogP contribution in [0.2, 0.25) is 0 Å². The van der Waals surface area contributed by atoms with Crippen molar-refractivity contribution in [2.24, 2.45) is 0 Å². The molecule has 0 saturated heterocycles. The van der Waals surface area contributed by atoms with Gasteiger partial charge >= 0.3 is 0 Å². The minimum Gasteiger partial charge on any atom is -0.393 e. The molecular weight excluding hydrogens is 228 g/mol. The number of aliphatic hydroxyl groups is 1. The minimum absolute atomic E-state index is 0.0368. The topological polar surface area (TPSA) is 73.1 Å². The van der Waals surface area contributed by atoms with E-state index in [-0.39, 0.29) is 12.0 Å². The molecule has 0 fully saturated rings. The number of nitrogens with zero attached hydrogens (tertiary/aromatic N) is 1. The van der Waals surface area contributed by atoms with Crippen molar-refractivity contribution < 1.29 is 9.90 Å². The summed E-state index contributed by atoms with van der Waals surface area (Å²) in [6.07, 6.45) is 1.47. The third-order valence-corrected chi connectivity index (χ3v) is 2.57. The lowest BCUT2D eigenvalue weighted by atomic mass is 10.1. The van der Waals surface area contributed by atoms with Crippen molar-refractivity contribution >= 4 is 5.91 Å². The van der Waals surface area contributed by atoms with Crippen LogP contribution in [-0.4, -0.2) is 23.7 Å². The Morgan fingerprint density at radius 2 is 2.11 bits per heavy atom. The van der Waals surface area contributed by atoms with Crippen LogP contribution in [0.1, 0.15) is 30.9 Å². The van der Waals surface area contributed by atoms with E-state index in [0.717, 1.165) is 12.0 Å². The van der Waals surface area contributed by atoms with Crippen LogP contribution in [0.4, 0.5) is 0 Å². The van der Waals surface area contributed by atoms with Gasteiger partial charge in [-0.3, -0.25) is 4.79 Å². The number of carbonyl (C=O) groups is 1. The van der Waals surface area contributed by atoms with Gasteiger partial charge in [-0.1, -0.05) is 12.1 Å². The molecule has 0 aromatic heterocycles. The van der Waals surface area contributed by atoms with E-state index in [0.29, 0.717) is 24.9 Å². The molecule has 18 heavy (non-hydrogen) atoms. The third kappa shape index (κ3) is 5.46. The van der Waals surface area contributed by atoms with E-state index in [1.54, 1.807) is 31.2 Å². The fraction of sp³-hybridized carbons (Fsp3) is 0.429. The van der Waals surface area contributed by atoms with E-state index in [1.165, 1.54) is 0 Å². The van der Waals surface area contributed by atoms with Crippen molar-refractivity contribution in [2.75, 3.05) is 6.54 Å². The lowest BCUT2D eigenvalue weighted by Crippen LogP contribution is -2.26. The highest BCUT2D eigenvalue weighted by atomic mass is 16.3. The van der Waals surface area contributed by atoms with Gasteiger partial charge in [0.15, 0.2) is 0 Å². The summed E-state index contributed by atoms with van der Waals surface area (Å²) in [6.45, 7) is 2.32. The van der Waals surface area contributed by atoms with Gasteiger partial charge in [-0.15, -0.1) is 0 Å². The van der Waals surface area contributed by atoms with Crippen molar-refractivity contribution in [3.05, 3.63) is 35.4 Å². The molecule has 1 aromatic rings. The highest BCUT2D eigenvalue weighted by molar-refractivity contribution is 5.78. The molecule has 2 N–H and O–H groups in total. The van der Waals surface area contributed by atoms with Crippen LogP contribution in [0.5, 0.6) is 0 Å². The lowest BCUT2D eigenvalue weighted by Gasteiger charge is -2.06. The number of carbonyl (C=O) groups excluding carboxylic acids is 1. The Hall–Kier alpha value is -1.86. The van der Waals surface area contributed by atoms with E-state index in [2.05, 4.69) is 5.32 Å². The molecule has 0 radical (unpaired) electrons. The molecule has 0 bridgehead atoms. The molecule has 1 rings (SSSR count). The first kappa shape index (κ1) is 14.2. The number of aliphatic hydroxyl groups excluding tert-OH is 1. The molecule has 1 atom stereocenters. The van der Waals surface area contributed by atoms with Gasteiger partial charge in [-0.25, -0.2) is 0 Å². The van der Waals surface area contributed by atoms with Gasteiger partial charge in [-0.05, 0) is 37.5 Å². The molecule has 0 aliphatic carbocycles. The van der Waals surface area contributed by atoms with E-state index >= 15 is 0 Å². The first-order chi connectivity index (χ1) is 8.61. The van der Waals surface area contributed by atoms with E-state index in [9.17, 15) is 4.79 Å². The van der Waals surface area contributed by atoms with E-state index < -0.39 is 0 Å². The normalized spacial score (nSPS) is 11.6. The molecule has 1 amide bonds. The van der Waals surface area contributed by atoms with Crippen molar-refractivity contribution in [1.82, 2.24) is 5.32 Å². The molecule has 4 nitrogen and oxygen atoms in total. The average Bonchev–Trinajstić information content (AvgIpc) is 2.35. The number of benzene rings is 1. The van der Waals surface area contributed by atoms with Crippen LogP contribution in [0.25, 0.3) is 0 Å². The maximum absolute atomic E-state index is 11.6. The fourth-order valence-corrected chi connectivity index (χ4v) is 1.57. The molecule has 1 unspecified atom stereocenters. The zero-order chi connectivity index (χ0) is 13.4. The highest BCUT2D eigenvalue weighted by Crippen LogP contribution is 2.04. The molecule has 1 aromatic carbocycles. The Kier molecular flexibility index (Phi) is 5.89. The summed E-state index contributed by atoms with van der Waals surface area (Å²) >= 11 is 0. The predicted molar refractivity (Wildman–Crippen MR) is 68.8 cm³/mol. The summed E-state index contributed by atoms with van der Waals surface area (Å²) in [5.41, 5.74) is 1.48. The smallest absolute Gasteiger partial charge is 0.224 e. The fourth-order valence-electron chi connectivity index (χ4n) is 1.57. The molecule has 4 heteroatoms. The Balaban J connectivity index is 2.29. The number of hydrogen-bond acceptors (Lipinski definition) is 3. The number of nitrogens with one attached hydrogen (secondary N) is 1. The maximum atomic E-state index is 11.6. The predicted octanol–water partition coefficient (Wildman–Crippen LogP) is 1.38. The molecular formula is C14H18N2O2. The van der Waals surface area contributed by atoms with Gasteiger partial charge in [0.2, 0.25) is 5.91 Å². The summed E-state index contributed by atoms with van der Waals surface area (Å²) in [4.78, 5) is 11.6. The quantitative estimate of drug-likeness (QED) is 0.745. The summed E-state index contributed by atoms with van der Waals surface area (Å²) in [5, 5.41) is 20.5. The maximum Gasteiger partial charge on any atom is 0.224 e. The van der Waals surface area contributed by atoms with E-state index in [1.807, 2.05) is 6.07 Å². The summed E-state index contributed by atoms with van der Waals surface area (Å²) in [7, 11) is 0. The van der Waals surface area contributed by atoms with Crippen molar-refractivity contribution in [1.29, 1.82) is 5.26 Å². The largest absolute Gasteiger partial charge is 0.393 e. The Labute approximate surface area is 107 Å². The van der Waals surface area contributed by atoms with Gasteiger partial charge < -0.3 is 10.4 Å². The number of nitriles is 1. The van der Waals surface area contributed by atoms with Gasteiger partial charge in [-0.2, -0.15) is 5.26 Å². The van der Waals surface area contributed by atoms with Crippen LogP contribution in [0.3, 0.4) is 0 Å².